The molecular formula is C14H27N3O. The first kappa shape index (κ1) is 13.7. The van der Waals surface area contributed by atoms with Crippen molar-refractivity contribution < 1.29 is 4.79 Å². The van der Waals surface area contributed by atoms with E-state index in [0.717, 1.165) is 25.9 Å². The second-order valence-corrected chi connectivity index (χ2v) is 5.94. The van der Waals surface area contributed by atoms with Gasteiger partial charge in [-0.15, -0.1) is 0 Å². The summed E-state index contributed by atoms with van der Waals surface area (Å²) >= 11 is 0. The van der Waals surface area contributed by atoms with E-state index < -0.39 is 0 Å². The molecule has 0 aromatic rings. The third kappa shape index (κ3) is 2.97. The van der Waals surface area contributed by atoms with Crippen LogP contribution in [0.3, 0.4) is 0 Å². The minimum absolute atomic E-state index is 0.148. The fourth-order valence-electron chi connectivity index (χ4n) is 3.09. The Balaban J connectivity index is 1.88. The number of carbonyl (C=O) groups is 1. The van der Waals surface area contributed by atoms with Gasteiger partial charge in [-0.25, -0.2) is 4.79 Å². The van der Waals surface area contributed by atoms with Crippen LogP contribution in [0, 0.1) is 0 Å². The first-order valence-corrected chi connectivity index (χ1v) is 7.37. The van der Waals surface area contributed by atoms with E-state index in [0.29, 0.717) is 18.1 Å². The van der Waals surface area contributed by atoms with E-state index >= 15 is 0 Å². The highest BCUT2D eigenvalue weighted by Crippen LogP contribution is 2.19. The van der Waals surface area contributed by atoms with Crippen molar-refractivity contribution >= 4 is 6.03 Å². The molecule has 0 radical (unpaired) electrons. The lowest BCUT2D eigenvalue weighted by Crippen LogP contribution is -2.60. The van der Waals surface area contributed by atoms with Crippen molar-refractivity contribution in [2.75, 3.05) is 20.1 Å². The van der Waals surface area contributed by atoms with Crippen LogP contribution < -0.4 is 5.32 Å². The van der Waals surface area contributed by atoms with E-state index in [-0.39, 0.29) is 6.03 Å². The van der Waals surface area contributed by atoms with Crippen LogP contribution in [0.25, 0.3) is 0 Å². The third-order valence-electron chi connectivity index (χ3n) is 4.77. The second kappa shape index (κ2) is 5.91. The normalized spacial score (nSPS) is 31.4. The Kier molecular flexibility index (Phi) is 4.49. The van der Waals surface area contributed by atoms with Gasteiger partial charge >= 0.3 is 6.03 Å². The lowest BCUT2D eigenvalue weighted by atomic mass is 9.95. The first-order valence-electron chi connectivity index (χ1n) is 7.37. The van der Waals surface area contributed by atoms with Crippen LogP contribution in [-0.4, -0.2) is 54.1 Å². The Morgan fingerprint density at radius 2 is 1.72 bits per heavy atom. The van der Waals surface area contributed by atoms with Gasteiger partial charge in [0.1, 0.15) is 0 Å². The Hall–Kier alpha value is -0.770. The fraction of sp³-hybridized carbons (Fsp3) is 0.929. The van der Waals surface area contributed by atoms with Crippen molar-refractivity contribution in [1.82, 2.24) is 15.1 Å². The largest absolute Gasteiger partial charge is 0.335 e. The minimum Gasteiger partial charge on any atom is -0.335 e. The summed E-state index contributed by atoms with van der Waals surface area (Å²) < 4.78 is 0. The Bertz CT molecular complexity index is 289. The summed E-state index contributed by atoms with van der Waals surface area (Å²) in [4.78, 5) is 16.7. The van der Waals surface area contributed by atoms with E-state index in [1.54, 1.807) is 0 Å². The number of nitrogens with zero attached hydrogens (tertiary/aromatic N) is 2. The number of nitrogens with one attached hydrogen (secondary N) is 1. The van der Waals surface area contributed by atoms with E-state index in [1.807, 2.05) is 4.90 Å². The molecule has 0 unspecified atom stereocenters. The maximum absolute atomic E-state index is 12.3. The molecule has 1 aliphatic carbocycles. The molecule has 2 atom stereocenters. The molecule has 0 aromatic carbocycles. The van der Waals surface area contributed by atoms with Gasteiger partial charge in [0.05, 0.1) is 0 Å². The number of amides is 2. The molecule has 2 amide bonds. The molecular weight excluding hydrogens is 226 g/mol. The van der Waals surface area contributed by atoms with E-state index in [2.05, 4.69) is 31.1 Å². The number of carbonyl (C=O) groups excluding carboxylic acids is 1. The highest BCUT2D eigenvalue weighted by Gasteiger charge is 2.32. The standard InChI is InChI=1S/C14H27N3O/c1-11-12(2)17(10-9-16(11)3)14(18)15-13-7-5-4-6-8-13/h11-13H,4-10H2,1-3H3,(H,15,18)/t11-,12+/m1/s1. The number of urea groups is 1. The Morgan fingerprint density at radius 3 is 2.39 bits per heavy atom. The van der Waals surface area contributed by atoms with Crippen molar-refractivity contribution in [3.63, 3.8) is 0 Å². The average molecular weight is 253 g/mol. The number of hydrogen-bond donors (Lipinski definition) is 1. The van der Waals surface area contributed by atoms with Crippen LogP contribution in [0.5, 0.6) is 0 Å². The summed E-state index contributed by atoms with van der Waals surface area (Å²) in [5.41, 5.74) is 0. The zero-order valence-corrected chi connectivity index (χ0v) is 12.0. The molecule has 1 saturated carbocycles. The van der Waals surface area contributed by atoms with Crippen LogP contribution in [0.4, 0.5) is 4.79 Å². The topological polar surface area (TPSA) is 35.6 Å². The molecule has 1 saturated heterocycles. The maximum Gasteiger partial charge on any atom is 0.317 e. The van der Waals surface area contributed by atoms with Gasteiger partial charge in [0.25, 0.3) is 0 Å². The van der Waals surface area contributed by atoms with Gasteiger partial charge in [-0.1, -0.05) is 19.3 Å². The summed E-state index contributed by atoms with van der Waals surface area (Å²) in [5.74, 6) is 0. The number of likely N-dealkylation sites (N-methyl/N-ethyl adjacent to an activating group) is 1. The summed E-state index contributed by atoms with van der Waals surface area (Å²) in [7, 11) is 2.14. The molecule has 1 N–H and O–H groups in total. The number of hydrogen-bond acceptors (Lipinski definition) is 2. The van der Waals surface area contributed by atoms with Gasteiger partial charge in [0.15, 0.2) is 0 Å². The highest BCUT2D eigenvalue weighted by molar-refractivity contribution is 5.75. The molecule has 2 fully saturated rings. The minimum atomic E-state index is 0.148. The van der Waals surface area contributed by atoms with Gasteiger partial charge in [-0.3, -0.25) is 4.90 Å². The predicted molar refractivity (Wildman–Crippen MR) is 73.7 cm³/mol. The zero-order valence-electron chi connectivity index (χ0n) is 12.0. The molecule has 2 aliphatic rings. The SMILES string of the molecule is C[C@@H]1[C@H](C)N(C(=O)NC2CCCCC2)CCN1C. The second-order valence-electron chi connectivity index (χ2n) is 5.94. The van der Waals surface area contributed by atoms with Crippen molar-refractivity contribution in [3.8, 4) is 0 Å². The molecule has 4 heteroatoms. The van der Waals surface area contributed by atoms with Crippen LogP contribution in [0.1, 0.15) is 46.0 Å². The Labute approximate surface area is 111 Å². The highest BCUT2D eigenvalue weighted by atomic mass is 16.2. The van der Waals surface area contributed by atoms with Gasteiger partial charge in [-0.2, -0.15) is 0 Å². The van der Waals surface area contributed by atoms with Gasteiger partial charge in [0.2, 0.25) is 0 Å². The van der Waals surface area contributed by atoms with Crippen molar-refractivity contribution in [1.29, 1.82) is 0 Å². The van der Waals surface area contributed by atoms with Gasteiger partial charge < -0.3 is 10.2 Å². The molecule has 1 heterocycles. The summed E-state index contributed by atoms with van der Waals surface area (Å²) in [5, 5.41) is 3.22. The molecule has 104 valence electrons. The molecule has 4 nitrogen and oxygen atoms in total. The Morgan fingerprint density at radius 1 is 1.06 bits per heavy atom. The summed E-state index contributed by atoms with van der Waals surface area (Å²) in [6.45, 7) is 6.18. The lowest BCUT2D eigenvalue weighted by molar-refractivity contribution is 0.0721. The van der Waals surface area contributed by atoms with Crippen LogP contribution in [0.2, 0.25) is 0 Å². The lowest BCUT2D eigenvalue weighted by Gasteiger charge is -2.43. The smallest absolute Gasteiger partial charge is 0.317 e. The van der Waals surface area contributed by atoms with Gasteiger partial charge in [0, 0.05) is 31.2 Å². The van der Waals surface area contributed by atoms with E-state index in [1.165, 1.54) is 19.3 Å². The predicted octanol–water partition coefficient (Wildman–Crippen LogP) is 2.05. The molecule has 0 bridgehead atoms. The van der Waals surface area contributed by atoms with Crippen molar-refractivity contribution in [2.45, 2.75) is 64.1 Å². The van der Waals surface area contributed by atoms with Crippen molar-refractivity contribution in [3.05, 3.63) is 0 Å². The first-order chi connectivity index (χ1) is 8.59. The summed E-state index contributed by atoms with van der Waals surface area (Å²) in [6.07, 6.45) is 6.17. The molecule has 0 aromatic heterocycles. The van der Waals surface area contributed by atoms with Crippen LogP contribution in [0.15, 0.2) is 0 Å². The zero-order chi connectivity index (χ0) is 13.1. The summed E-state index contributed by atoms with van der Waals surface area (Å²) in [6, 6.07) is 1.30. The quantitative estimate of drug-likeness (QED) is 0.776. The fourth-order valence-corrected chi connectivity index (χ4v) is 3.09. The number of piperazine rings is 1. The van der Waals surface area contributed by atoms with Gasteiger partial charge in [-0.05, 0) is 33.7 Å². The third-order valence-corrected chi connectivity index (χ3v) is 4.77. The molecule has 2 rings (SSSR count). The van der Waals surface area contributed by atoms with Crippen LogP contribution in [-0.2, 0) is 0 Å². The average Bonchev–Trinajstić information content (AvgIpc) is 2.37. The van der Waals surface area contributed by atoms with Crippen LogP contribution >= 0.6 is 0 Å². The molecule has 18 heavy (non-hydrogen) atoms. The maximum atomic E-state index is 12.3. The van der Waals surface area contributed by atoms with E-state index in [9.17, 15) is 4.79 Å². The molecule has 0 spiro atoms. The number of rotatable bonds is 1. The van der Waals surface area contributed by atoms with E-state index in [4.69, 9.17) is 0 Å². The monoisotopic (exact) mass is 253 g/mol. The van der Waals surface area contributed by atoms with Crippen molar-refractivity contribution in [2.24, 2.45) is 0 Å². The molecule has 1 aliphatic heterocycles.